The van der Waals surface area contributed by atoms with Gasteiger partial charge in [-0.05, 0) is 42.5 Å². The quantitative estimate of drug-likeness (QED) is 0.838. The van der Waals surface area contributed by atoms with Gasteiger partial charge in [0.2, 0.25) is 0 Å². The molecule has 2 aromatic rings. The largest absolute Gasteiger partial charge is 0.478 e. The zero-order valence-corrected chi connectivity index (χ0v) is 11.9. The minimum atomic E-state index is -4.72. The molecule has 2 nitrogen and oxygen atoms in total. The summed E-state index contributed by atoms with van der Waals surface area (Å²) in [6.07, 6.45) is -4.72. The van der Waals surface area contributed by atoms with Gasteiger partial charge in [0, 0.05) is 14.8 Å². The predicted octanol–water partition coefficient (Wildman–Crippen LogP) is 5.21. The Morgan fingerprint density at radius 3 is 2.14 bits per heavy atom. The molecule has 0 spiro atoms. The van der Waals surface area contributed by atoms with Crippen molar-refractivity contribution in [1.82, 2.24) is 0 Å². The zero-order valence-electron chi connectivity index (χ0n) is 10.3. The molecule has 0 unspecified atom stereocenters. The number of rotatable bonds is 3. The van der Waals surface area contributed by atoms with Crippen LogP contribution in [0.1, 0.15) is 15.9 Å². The lowest BCUT2D eigenvalue weighted by Crippen LogP contribution is -2.12. The number of carboxylic acids is 1. The highest BCUT2D eigenvalue weighted by atomic mass is 35.5. The molecule has 0 saturated carbocycles. The molecule has 0 amide bonds. The summed E-state index contributed by atoms with van der Waals surface area (Å²) in [5, 5.41) is 9.34. The average Bonchev–Trinajstić information content (AvgIpc) is 2.40. The van der Waals surface area contributed by atoms with Crippen LogP contribution in [0.15, 0.2) is 52.3 Å². The Balaban J connectivity index is 2.38. The molecule has 0 saturated heterocycles. The third kappa shape index (κ3) is 3.92. The smallest absolute Gasteiger partial charge is 0.417 e. The number of aromatic carboxylic acids is 1. The molecule has 0 aliphatic carbocycles. The SMILES string of the molecule is O=C(O)c1ccc(Sc2ccc(Cl)cc2)cc1C(F)(F)F. The van der Waals surface area contributed by atoms with E-state index in [9.17, 15) is 18.0 Å². The molecule has 0 radical (unpaired) electrons. The van der Waals surface area contributed by atoms with E-state index in [1.165, 1.54) is 6.07 Å². The van der Waals surface area contributed by atoms with Crippen molar-refractivity contribution >= 4 is 29.3 Å². The van der Waals surface area contributed by atoms with Crippen LogP contribution in [-0.2, 0) is 6.18 Å². The molecular formula is C14H8ClF3O2S. The second kappa shape index (κ2) is 5.99. The van der Waals surface area contributed by atoms with Gasteiger partial charge in [-0.25, -0.2) is 4.79 Å². The Kier molecular flexibility index (Phi) is 4.49. The fraction of sp³-hybridized carbons (Fsp3) is 0.0714. The molecular weight excluding hydrogens is 325 g/mol. The molecule has 0 fully saturated rings. The first kappa shape index (κ1) is 15.7. The van der Waals surface area contributed by atoms with Crippen LogP contribution in [0, 0.1) is 0 Å². The predicted molar refractivity (Wildman–Crippen MR) is 74.0 cm³/mol. The first-order chi connectivity index (χ1) is 9.77. The van der Waals surface area contributed by atoms with Crippen molar-refractivity contribution in [2.75, 3.05) is 0 Å². The number of carboxylic acid groups (broad SMARTS) is 1. The summed E-state index contributed by atoms with van der Waals surface area (Å²) in [6.45, 7) is 0. The third-order valence-corrected chi connectivity index (χ3v) is 3.83. The van der Waals surface area contributed by atoms with Crippen molar-refractivity contribution in [1.29, 1.82) is 0 Å². The van der Waals surface area contributed by atoms with Gasteiger partial charge >= 0.3 is 12.1 Å². The Morgan fingerprint density at radius 2 is 1.62 bits per heavy atom. The van der Waals surface area contributed by atoms with E-state index in [1.54, 1.807) is 24.3 Å². The molecule has 0 atom stereocenters. The second-order valence-electron chi connectivity index (χ2n) is 4.07. The summed E-state index contributed by atoms with van der Waals surface area (Å²) in [5.41, 5.74) is -1.92. The molecule has 2 aromatic carbocycles. The van der Waals surface area contributed by atoms with Crippen LogP contribution in [0.3, 0.4) is 0 Å². The van der Waals surface area contributed by atoms with Gasteiger partial charge < -0.3 is 5.11 Å². The summed E-state index contributed by atoms with van der Waals surface area (Å²) < 4.78 is 38.7. The summed E-state index contributed by atoms with van der Waals surface area (Å²) in [4.78, 5) is 11.9. The van der Waals surface area contributed by atoms with E-state index in [2.05, 4.69) is 0 Å². The highest BCUT2D eigenvalue weighted by Gasteiger charge is 2.35. The fourth-order valence-corrected chi connectivity index (χ4v) is 2.63. The normalized spacial score (nSPS) is 11.4. The number of halogens is 4. The lowest BCUT2D eigenvalue weighted by molar-refractivity contribution is -0.138. The summed E-state index contributed by atoms with van der Waals surface area (Å²) in [6, 6.07) is 9.74. The maximum atomic E-state index is 12.9. The molecule has 7 heteroatoms. The van der Waals surface area contributed by atoms with E-state index < -0.39 is 23.3 Å². The number of benzene rings is 2. The van der Waals surface area contributed by atoms with Gasteiger partial charge in [0.05, 0.1) is 11.1 Å². The highest BCUT2D eigenvalue weighted by molar-refractivity contribution is 7.99. The van der Waals surface area contributed by atoms with Crippen LogP contribution in [0.2, 0.25) is 5.02 Å². The van der Waals surface area contributed by atoms with Gasteiger partial charge in [-0.1, -0.05) is 23.4 Å². The Morgan fingerprint density at radius 1 is 1.05 bits per heavy atom. The third-order valence-electron chi connectivity index (χ3n) is 2.58. The number of alkyl halides is 3. The van der Waals surface area contributed by atoms with Gasteiger partial charge in [0.25, 0.3) is 0 Å². The monoisotopic (exact) mass is 332 g/mol. The molecule has 0 bridgehead atoms. The summed E-state index contributed by atoms with van der Waals surface area (Å²) in [7, 11) is 0. The standard InChI is InChI=1S/C14H8ClF3O2S/c15-8-1-3-9(4-2-8)21-10-5-6-11(13(19)20)12(7-10)14(16,17)18/h1-7H,(H,19,20). The lowest BCUT2D eigenvalue weighted by atomic mass is 10.1. The van der Waals surface area contributed by atoms with Crippen molar-refractivity contribution in [3.05, 3.63) is 58.6 Å². The van der Waals surface area contributed by atoms with Crippen LogP contribution >= 0.6 is 23.4 Å². The van der Waals surface area contributed by atoms with Crippen molar-refractivity contribution in [2.24, 2.45) is 0 Å². The Labute approximate surface area is 127 Å². The van der Waals surface area contributed by atoms with Gasteiger partial charge in [0.15, 0.2) is 0 Å². The van der Waals surface area contributed by atoms with E-state index in [-0.39, 0.29) is 0 Å². The van der Waals surface area contributed by atoms with Crippen LogP contribution in [0.4, 0.5) is 13.2 Å². The molecule has 0 aliphatic rings. The Hall–Kier alpha value is -1.66. The first-order valence-corrected chi connectivity index (χ1v) is 6.85. The Bertz CT molecular complexity index is 669. The number of hydrogen-bond donors (Lipinski definition) is 1. The highest BCUT2D eigenvalue weighted by Crippen LogP contribution is 2.36. The maximum Gasteiger partial charge on any atom is 0.417 e. The number of carbonyl (C=O) groups is 1. The molecule has 2 rings (SSSR count). The molecule has 0 heterocycles. The van der Waals surface area contributed by atoms with E-state index in [1.807, 2.05) is 0 Å². The van der Waals surface area contributed by atoms with Gasteiger partial charge in [-0.2, -0.15) is 13.2 Å². The molecule has 110 valence electrons. The van der Waals surface area contributed by atoms with Gasteiger partial charge in [0.1, 0.15) is 0 Å². The lowest BCUT2D eigenvalue weighted by Gasteiger charge is -2.12. The second-order valence-corrected chi connectivity index (χ2v) is 5.65. The fourth-order valence-electron chi connectivity index (χ4n) is 1.65. The van der Waals surface area contributed by atoms with E-state index in [0.29, 0.717) is 14.8 Å². The molecule has 0 aromatic heterocycles. The van der Waals surface area contributed by atoms with Crippen LogP contribution in [0.25, 0.3) is 0 Å². The topological polar surface area (TPSA) is 37.3 Å². The van der Waals surface area contributed by atoms with Crippen LogP contribution in [0.5, 0.6) is 0 Å². The van der Waals surface area contributed by atoms with Crippen LogP contribution < -0.4 is 0 Å². The molecule has 1 N–H and O–H groups in total. The van der Waals surface area contributed by atoms with Crippen molar-refractivity contribution in [3.8, 4) is 0 Å². The first-order valence-electron chi connectivity index (χ1n) is 5.65. The van der Waals surface area contributed by atoms with E-state index >= 15 is 0 Å². The minimum Gasteiger partial charge on any atom is -0.478 e. The zero-order chi connectivity index (χ0) is 15.6. The van der Waals surface area contributed by atoms with Crippen molar-refractivity contribution < 1.29 is 23.1 Å². The van der Waals surface area contributed by atoms with E-state index in [0.717, 1.165) is 23.9 Å². The van der Waals surface area contributed by atoms with E-state index in [4.69, 9.17) is 16.7 Å². The molecule has 0 aliphatic heterocycles. The number of hydrogen-bond acceptors (Lipinski definition) is 2. The van der Waals surface area contributed by atoms with Gasteiger partial charge in [-0.3, -0.25) is 0 Å². The summed E-state index contributed by atoms with van der Waals surface area (Å²) in [5.74, 6) is -1.61. The minimum absolute atomic E-state index is 0.301. The maximum absolute atomic E-state index is 12.9. The van der Waals surface area contributed by atoms with Crippen LogP contribution in [-0.4, -0.2) is 11.1 Å². The van der Waals surface area contributed by atoms with Gasteiger partial charge in [-0.15, -0.1) is 0 Å². The van der Waals surface area contributed by atoms with Crippen molar-refractivity contribution in [2.45, 2.75) is 16.0 Å². The summed E-state index contributed by atoms with van der Waals surface area (Å²) >= 11 is 6.83. The van der Waals surface area contributed by atoms with Crippen molar-refractivity contribution in [3.63, 3.8) is 0 Å². The molecule has 21 heavy (non-hydrogen) atoms. The average molecular weight is 333 g/mol.